The zero-order valence-corrected chi connectivity index (χ0v) is 8.03. The summed E-state index contributed by atoms with van der Waals surface area (Å²) in [6.07, 6.45) is 7.92. The minimum atomic E-state index is 0.0153. The van der Waals surface area contributed by atoms with Gasteiger partial charge in [0.1, 0.15) is 0 Å². The van der Waals surface area contributed by atoms with Crippen LogP contribution in [0, 0.1) is 17.8 Å². The highest BCUT2D eigenvalue weighted by atomic mass is 16.5. The van der Waals surface area contributed by atoms with Gasteiger partial charge in [0, 0.05) is 0 Å². The Hall–Kier alpha value is -0.790. The molecular weight excluding hydrogens is 164 g/mol. The SMILES string of the molecule is CCOC(=O)[C@H]1C[C@@H]2C=C[C@H]1CC2. The maximum absolute atomic E-state index is 11.5. The van der Waals surface area contributed by atoms with Gasteiger partial charge in [-0.15, -0.1) is 0 Å². The topological polar surface area (TPSA) is 26.3 Å². The van der Waals surface area contributed by atoms with E-state index in [-0.39, 0.29) is 11.9 Å². The number of rotatable bonds is 2. The molecular formula is C11H16O2. The van der Waals surface area contributed by atoms with Gasteiger partial charge < -0.3 is 4.74 Å². The van der Waals surface area contributed by atoms with Gasteiger partial charge in [0.2, 0.25) is 0 Å². The summed E-state index contributed by atoms with van der Waals surface area (Å²) >= 11 is 0. The highest BCUT2D eigenvalue weighted by Gasteiger charge is 2.36. The number of esters is 1. The lowest BCUT2D eigenvalue weighted by Gasteiger charge is -2.36. The van der Waals surface area contributed by atoms with Gasteiger partial charge in [-0.3, -0.25) is 4.79 Å². The van der Waals surface area contributed by atoms with Gasteiger partial charge in [0.05, 0.1) is 12.5 Å². The first-order valence-electron chi connectivity index (χ1n) is 5.16. The summed E-state index contributed by atoms with van der Waals surface area (Å²) in [7, 11) is 0. The normalized spacial score (nSPS) is 36.2. The molecule has 0 aromatic carbocycles. The van der Waals surface area contributed by atoms with Gasteiger partial charge >= 0.3 is 5.97 Å². The maximum Gasteiger partial charge on any atom is 0.309 e. The van der Waals surface area contributed by atoms with E-state index >= 15 is 0 Å². The molecule has 1 saturated carbocycles. The molecule has 72 valence electrons. The van der Waals surface area contributed by atoms with E-state index in [1.807, 2.05) is 6.92 Å². The van der Waals surface area contributed by atoms with Crippen molar-refractivity contribution in [2.24, 2.45) is 17.8 Å². The van der Waals surface area contributed by atoms with Crippen LogP contribution in [-0.2, 0) is 9.53 Å². The van der Waals surface area contributed by atoms with Crippen LogP contribution >= 0.6 is 0 Å². The molecule has 0 heterocycles. The molecule has 0 aliphatic heterocycles. The Morgan fingerprint density at radius 2 is 2.31 bits per heavy atom. The standard InChI is InChI=1S/C11H16O2/c1-2-13-11(12)10-7-8-3-5-9(10)6-4-8/h3,5,8-10H,2,4,6-7H2,1H3/t8-,9+,10+/m1/s1. The van der Waals surface area contributed by atoms with Crippen molar-refractivity contribution in [1.82, 2.24) is 0 Å². The number of hydrogen-bond acceptors (Lipinski definition) is 2. The third kappa shape index (κ3) is 1.62. The molecule has 13 heavy (non-hydrogen) atoms. The van der Waals surface area contributed by atoms with Crippen LogP contribution in [0.15, 0.2) is 12.2 Å². The fourth-order valence-electron chi connectivity index (χ4n) is 2.45. The predicted octanol–water partition coefficient (Wildman–Crippen LogP) is 2.15. The maximum atomic E-state index is 11.5. The monoisotopic (exact) mass is 180 g/mol. The van der Waals surface area contributed by atoms with Gasteiger partial charge in [-0.05, 0) is 38.0 Å². The van der Waals surface area contributed by atoms with Crippen LogP contribution in [0.4, 0.5) is 0 Å². The molecule has 0 spiro atoms. The summed E-state index contributed by atoms with van der Waals surface area (Å²) in [5.74, 6) is 1.27. The third-order valence-corrected chi connectivity index (χ3v) is 3.16. The zero-order valence-electron chi connectivity index (χ0n) is 8.03. The molecule has 2 bridgehead atoms. The van der Waals surface area contributed by atoms with Crippen molar-refractivity contribution in [2.75, 3.05) is 6.61 Å². The van der Waals surface area contributed by atoms with Crippen LogP contribution in [0.1, 0.15) is 26.2 Å². The average Bonchev–Trinajstić information content (AvgIpc) is 2.20. The lowest BCUT2D eigenvalue weighted by molar-refractivity contribution is -0.151. The first kappa shape index (κ1) is 8.79. The van der Waals surface area contributed by atoms with Crippen molar-refractivity contribution < 1.29 is 9.53 Å². The zero-order chi connectivity index (χ0) is 9.26. The fourth-order valence-corrected chi connectivity index (χ4v) is 2.45. The van der Waals surface area contributed by atoms with Crippen LogP contribution in [0.3, 0.4) is 0 Å². The minimum absolute atomic E-state index is 0.0153. The van der Waals surface area contributed by atoms with E-state index in [1.165, 1.54) is 12.8 Å². The Morgan fingerprint density at radius 1 is 1.46 bits per heavy atom. The molecule has 3 rings (SSSR count). The quantitative estimate of drug-likeness (QED) is 0.481. The van der Waals surface area contributed by atoms with Crippen molar-refractivity contribution >= 4 is 5.97 Å². The summed E-state index contributed by atoms with van der Waals surface area (Å²) < 4.78 is 5.06. The van der Waals surface area contributed by atoms with Crippen LogP contribution in [0.5, 0.6) is 0 Å². The molecule has 0 N–H and O–H groups in total. The summed E-state index contributed by atoms with van der Waals surface area (Å²) in [6, 6.07) is 0. The Kier molecular flexibility index (Phi) is 2.38. The molecule has 2 nitrogen and oxygen atoms in total. The largest absolute Gasteiger partial charge is 0.466 e. The average molecular weight is 180 g/mol. The van der Waals surface area contributed by atoms with Crippen molar-refractivity contribution in [2.45, 2.75) is 26.2 Å². The second kappa shape index (κ2) is 3.52. The van der Waals surface area contributed by atoms with E-state index in [9.17, 15) is 4.79 Å². The Labute approximate surface area is 79.0 Å². The second-order valence-electron chi connectivity index (χ2n) is 3.98. The van der Waals surface area contributed by atoms with E-state index in [0.717, 1.165) is 6.42 Å². The van der Waals surface area contributed by atoms with Crippen LogP contribution in [-0.4, -0.2) is 12.6 Å². The van der Waals surface area contributed by atoms with Crippen LogP contribution in [0.2, 0.25) is 0 Å². The van der Waals surface area contributed by atoms with Crippen LogP contribution < -0.4 is 0 Å². The smallest absolute Gasteiger partial charge is 0.309 e. The summed E-state index contributed by atoms with van der Waals surface area (Å²) in [5, 5.41) is 0. The van der Waals surface area contributed by atoms with E-state index in [4.69, 9.17) is 4.74 Å². The Bertz CT molecular complexity index is 232. The number of carbonyl (C=O) groups excluding carboxylic acids is 1. The van der Waals surface area contributed by atoms with Crippen molar-refractivity contribution in [3.05, 3.63) is 12.2 Å². The van der Waals surface area contributed by atoms with Gasteiger partial charge in [0.15, 0.2) is 0 Å². The molecule has 0 aromatic rings. The van der Waals surface area contributed by atoms with E-state index < -0.39 is 0 Å². The highest BCUT2D eigenvalue weighted by molar-refractivity contribution is 5.73. The molecule has 0 radical (unpaired) electrons. The van der Waals surface area contributed by atoms with Crippen molar-refractivity contribution in [3.63, 3.8) is 0 Å². The number of allylic oxidation sites excluding steroid dienone is 2. The van der Waals surface area contributed by atoms with Gasteiger partial charge in [-0.25, -0.2) is 0 Å². The molecule has 0 unspecified atom stereocenters. The molecule has 3 atom stereocenters. The Morgan fingerprint density at radius 3 is 2.77 bits per heavy atom. The number of hydrogen-bond donors (Lipinski definition) is 0. The molecule has 0 saturated heterocycles. The van der Waals surface area contributed by atoms with E-state index in [1.54, 1.807) is 0 Å². The predicted molar refractivity (Wildman–Crippen MR) is 50.1 cm³/mol. The lowest BCUT2D eigenvalue weighted by Crippen LogP contribution is -2.33. The molecule has 3 aliphatic carbocycles. The molecule has 0 aromatic heterocycles. The first-order chi connectivity index (χ1) is 6.31. The van der Waals surface area contributed by atoms with Gasteiger partial charge in [-0.2, -0.15) is 0 Å². The molecule has 3 aliphatic rings. The number of fused-ring (bicyclic) bond motifs is 2. The number of ether oxygens (including phenoxy) is 1. The third-order valence-electron chi connectivity index (χ3n) is 3.16. The van der Waals surface area contributed by atoms with E-state index in [0.29, 0.717) is 18.4 Å². The lowest BCUT2D eigenvalue weighted by atomic mass is 9.69. The molecule has 2 heteroatoms. The second-order valence-corrected chi connectivity index (χ2v) is 3.98. The summed E-state index contributed by atoms with van der Waals surface area (Å²) in [6.45, 7) is 2.38. The molecule has 0 amide bonds. The molecule has 1 fully saturated rings. The van der Waals surface area contributed by atoms with Crippen molar-refractivity contribution in [1.29, 1.82) is 0 Å². The number of carbonyl (C=O) groups is 1. The minimum Gasteiger partial charge on any atom is -0.466 e. The first-order valence-corrected chi connectivity index (χ1v) is 5.16. The summed E-state index contributed by atoms with van der Waals surface area (Å²) in [4.78, 5) is 11.5. The fraction of sp³-hybridized carbons (Fsp3) is 0.727. The summed E-state index contributed by atoms with van der Waals surface area (Å²) in [5.41, 5.74) is 0. The highest BCUT2D eigenvalue weighted by Crippen LogP contribution is 2.40. The van der Waals surface area contributed by atoms with Gasteiger partial charge in [0.25, 0.3) is 0 Å². The van der Waals surface area contributed by atoms with Crippen molar-refractivity contribution in [3.8, 4) is 0 Å². The van der Waals surface area contributed by atoms with Gasteiger partial charge in [-0.1, -0.05) is 12.2 Å². The Balaban J connectivity index is 2.02. The van der Waals surface area contributed by atoms with E-state index in [2.05, 4.69) is 12.2 Å². The van der Waals surface area contributed by atoms with Crippen LogP contribution in [0.25, 0.3) is 0 Å².